The van der Waals surface area contributed by atoms with Crippen molar-refractivity contribution in [3.8, 4) is 0 Å². The van der Waals surface area contributed by atoms with E-state index in [2.05, 4.69) is 31.8 Å². The predicted molar refractivity (Wildman–Crippen MR) is 90.4 cm³/mol. The smallest absolute Gasteiger partial charge is 0.237 e. The van der Waals surface area contributed by atoms with Gasteiger partial charge in [-0.2, -0.15) is 4.98 Å². The van der Waals surface area contributed by atoms with E-state index in [0.29, 0.717) is 12.5 Å². The van der Waals surface area contributed by atoms with Gasteiger partial charge in [-0.05, 0) is 32.7 Å². The van der Waals surface area contributed by atoms with Gasteiger partial charge in [0.1, 0.15) is 0 Å². The largest absolute Gasteiger partial charge is 0.351 e. The minimum absolute atomic E-state index is 0.0654. The number of rotatable bonds is 7. The Morgan fingerprint density at radius 1 is 1.42 bits per heavy atom. The fourth-order valence-corrected chi connectivity index (χ4v) is 3.05. The summed E-state index contributed by atoms with van der Waals surface area (Å²) >= 11 is 0. The molecule has 132 valence electrons. The SMILES string of the molecule is C=CCNC(=O)[C@H](C)N1CCCN(Cc2noc(C3CC3)n2)CC1. The van der Waals surface area contributed by atoms with Gasteiger partial charge in [0, 0.05) is 32.1 Å². The summed E-state index contributed by atoms with van der Waals surface area (Å²) in [5.41, 5.74) is 0. The summed E-state index contributed by atoms with van der Waals surface area (Å²) in [5, 5.41) is 6.98. The van der Waals surface area contributed by atoms with E-state index in [1.165, 1.54) is 12.8 Å². The van der Waals surface area contributed by atoms with Crippen LogP contribution in [0.4, 0.5) is 0 Å². The van der Waals surface area contributed by atoms with E-state index in [4.69, 9.17) is 4.52 Å². The van der Waals surface area contributed by atoms with Gasteiger partial charge in [0.2, 0.25) is 11.8 Å². The summed E-state index contributed by atoms with van der Waals surface area (Å²) in [4.78, 5) is 21.2. The van der Waals surface area contributed by atoms with Gasteiger partial charge in [-0.3, -0.25) is 14.6 Å². The second-order valence-electron chi connectivity index (χ2n) is 6.70. The number of hydrogen-bond acceptors (Lipinski definition) is 6. The molecule has 1 aliphatic carbocycles. The van der Waals surface area contributed by atoms with Gasteiger partial charge in [0.15, 0.2) is 5.82 Å². The molecule has 1 amide bonds. The van der Waals surface area contributed by atoms with Gasteiger partial charge in [0.25, 0.3) is 0 Å². The topological polar surface area (TPSA) is 74.5 Å². The van der Waals surface area contributed by atoms with Crippen LogP contribution in [0.5, 0.6) is 0 Å². The van der Waals surface area contributed by atoms with E-state index in [1.54, 1.807) is 6.08 Å². The van der Waals surface area contributed by atoms with E-state index in [0.717, 1.165) is 50.9 Å². The Morgan fingerprint density at radius 3 is 3.00 bits per heavy atom. The third-order valence-corrected chi connectivity index (χ3v) is 4.75. The number of nitrogens with one attached hydrogen (secondary N) is 1. The molecule has 1 aliphatic heterocycles. The van der Waals surface area contributed by atoms with Gasteiger partial charge in [-0.25, -0.2) is 0 Å². The summed E-state index contributed by atoms with van der Waals surface area (Å²) in [5.74, 6) is 2.15. The van der Waals surface area contributed by atoms with Crippen molar-refractivity contribution >= 4 is 5.91 Å². The summed E-state index contributed by atoms with van der Waals surface area (Å²) in [6.45, 7) is 10.5. The van der Waals surface area contributed by atoms with E-state index < -0.39 is 0 Å². The Hall–Kier alpha value is -1.73. The molecule has 7 nitrogen and oxygen atoms in total. The first-order valence-corrected chi connectivity index (χ1v) is 8.85. The van der Waals surface area contributed by atoms with Crippen molar-refractivity contribution in [1.82, 2.24) is 25.3 Å². The Balaban J connectivity index is 1.48. The average molecular weight is 333 g/mol. The first-order valence-electron chi connectivity index (χ1n) is 8.85. The van der Waals surface area contributed by atoms with Crippen molar-refractivity contribution in [3.05, 3.63) is 24.4 Å². The zero-order chi connectivity index (χ0) is 16.9. The van der Waals surface area contributed by atoms with Crippen LogP contribution in [-0.2, 0) is 11.3 Å². The molecular weight excluding hydrogens is 306 g/mol. The van der Waals surface area contributed by atoms with Crippen molar-refractivity contribution in [1.29, 1.82) is 0 Å². The molecule has 0 aromatic carbocycles. The molecule has 3 rings (SSSR count). The summed E-state index contributed by atoms with van der Waals surface area (Å²) in [6, 6.07) is -0.114. The molecule has 2 fully saturated rings. The molecule has 0 spiro atoms. The van der Waals surface area contributed by atoms with E-state index >= 15 is 0 Å². The van der Waals surface area contributed by atoms with Crippen LogP contribution in [0, 0.1) is 0 Å². The normalized spacial score (nSPS) is 21.2. The second kappa shape index (κ2) is 7.90. The number of amides is 1. The number of carbonyl (C=O) groups excluding carboxylic acids is 1. The average Bonchev–Trinajstić information content (AvgIpc) is 3.37. The molecule has 1 aromatic heterocycles. The maximum absolute atomic E-state index is 12.1. The molecule has 0 radical (unpaired) electrons. The molecule has 0 unspecified atom stereocenters. The third kappa shape index (κ3) is 4.42. The van der Waals surface area contributed by atoms with E-state index in [9.17, 15) is 4.79 Å². The lowest BCUT2D eigenvalue weighted by Gasteiger charge is -2.26. The highest BCUT2D eigenvalue weighted by Gasteiger charge is 2.30. The van der Waals surface area contributed by atoms with Crippen LogP contribution < -0.4 is 5.32 Å². The van der Waals surface area contributed by atoms with Gasteiger partial charge in [0.05, 0.1) is 12.6 Å². The van der Waals surface area contributed by atoms with Gasteiger partial charge >= 0.3 is 0 Å². The summed E-state index contributed by atoms with van der Waals surface area (Å²) in [7, 11) is 0. The predicted octanol–water partition coefficient (Wildman–Crippen LogP) is 1.15. The maximum Gasteiger partial charge on any atom is 0.237 e. The van der Waals surface area contributed by atoms with Crippen molar-refractivity contribution < 1.29 is 9.32 Å². The molecule has 7 heteroatoms. The lowest BCUT2D eigenvalue weighted by atomic mass is 10.2. The van der Waals surface area contributed by atoms with Crippen molar-refractivity contribution in [3.63, 3.8) is 0 Å². The van der Waals surface area contributed by atoms with Gasteiger partial charge < -0.3 is 9.84 Å². The Morgan fingerprint density at radius 2 is 2.25 bits per heavy atom. The number of carbonyl (C=O) groups is 1. The first-order chi connectivity index (χ1) is 11.7. The van der Waals surface area contributed by atoms with E-state index in [-0.39, 0.29) is 11.9 Å². The van der Waals surface area contributed by atoms with Gasteiger partial charge in [-0.1, -0.05) is 11.2 Å². The molecule has 0 bridgehead atoms. The molecular formula is C17H27N5O2. The summed E-state index contributed by atoms with van der Waals surface area (Å²) in [6.07, 6.45) is 5.08. The highest BCUT2D eigenvalue weighted by Crippen LogP contribution is 2.38. The highest BCUT2D eigenvalue weighted by atomic mass is 16.5. The Bertz CT molecular complexity index is 569. The Labute approximate surface area is 143 Å². The van der Waals surface area contributed by atoms with Crippen LogP contribution in [-0.4, -0.2) is 64.6 Å². The van der Waals surface area contributed by atoms with Crippen molar-refractivity contribution in [2.24, 2.45) is 0 Å². The minimum atomic E-state index is -0.114. The van der Waals surface area contributed by atoms with Crippen LogP contribution in [0.3, 0.4) is 0 Å². The zero-order valence-corrected chi connectivity index (χ0v) is 14.4. The molecule has 1 N–H and O–H groups in total. The minimum Gasteiger partial charge on any atom is -0.351 e. The molecule has 1 aromatic rings. The van der Waals surface area contributed by atoms with Crippen molar-refractivity contribution in [2.45, 2.75) is 44.7 Å². The molecule has 1 atom stereocenters. The van der Waals surface area contributed by atoms with E-state index in [1.807, 2.05) is 6.92 Å². The Kier molecular flexibility index (Phi) is 5.63. The van der Waals surface area contributed by atoms with Crippen LogP contribution in [0.25, 0.3) is 0 Å². The molecule has 2 aliphatic rings. The lowest BCUT2D eigenvalue weighted by Crippen LogP contribution is -2.46. The highest BCUT2D eigenvalue weighted by molar-refractivity contribution is 5.81. The maximum atomic E-state index is 12.1. The van der Waals surface area contributed by atoms with Crippen LogP contribution in [0.1, 0.15) is 43.8 Å². The van der Waals surface area contributed by atoms with Crippen LogP contribution >= 0.6 is 0 Å². The number of aromatic nitrogens is 2. The standard InChI is InChI=1S/C17H27N5O2/c1-3-7-18-16(23)13(2)22-9-4-8-21(10-11-22)12-15-19-17(24-20-15)14-5-6-14/h3,13-14H,1,4-12H2,2H3,(H,18,23)/t13-/m0/s1. The number of nitrogens with zero attached hydrogens (tertiary/aromatic N) is 4. The molecule has 2 heterocycles. The zero-order valence-electron chi connectivity index (χ0n) is 14.4. The first kappa shape index (κ1) is 17.1. The monoisotopic (exact) mass is 333 g/mol. The third-order valence-electron chi connectivity index (χ3n) is 4.75. The molecule has 1 saturated heterocycles. The number of hydrogen-bond donors (Lipinski definition) is 1. The van der Waals surface area contributed by atoms with Crippen LogP contribution in [0.15, 0.2) is 17.2 Å². The van der Waals surface area contributed by atoms with Crippen molar-refractivity contribution in [2.75, 3.05) is 32.7 Å². The molecule has 24 heavy (non-hydrogen) atoms. The molecule has 1 saturated carbocycles. The second-order valence-corrected chi connectivity index (χ2v) is 6.70. The van der Waals surface area contributed by atoms with Crippen LogP contribution in [0.2, 0.25) is 0 Å². The quantitative estimate of drug-likeness (QED) is 0.755. The van der Waals surface area contributed by atoms with Gasteiger partial charge in [-0.15, -0.1) is 6.58 Å². The summed E-state index contributed by atoms with van der Waals surface area (Å²) < 4.78 is 5.33. The fourth-order valence-electron chi connectivity index (χ4n) is 3.05. The lowest BCUT2D eigenvalue weighted by molar-refractivity contribution is -0.125. The fraction of sp³-hybridized carbons (Fsp3) is 0.706.